The van der Waals surface area contributed by atoms with Crippen molar-refractivity contribution in [1.82, 2.24) is 0 Å². The Kier molecular flexibility index (Phi) is 6.68. The van der Waals surface area contributed by atoms with E-state index in [0.29, 0.717) is 17.9 Å². The molecule has 2 rings (SSSR count). The van der Waals surface area contributed by atoms with Crippen LogP contribution in [0.25, 0.3) is 0 Å². The fourth-order valence-electron chi connectivity index (χ4n) is 5.50. The molecule has 0 radical (unpaired) electrons. The van der Waals surface area contributed by atoms with Crippen molar-refractivity contribution in [3.8, 4) is 0 Å². The molecule has 0 aliphatic heterocycles. The van der Waals surface area contributed by atoms with E-state index in [2.05, 4.69) is 13.8 Å². The Morgan fingerprint density at radius 2 is 2.00 bits per heavy atom. The number of hydrogen-bond donors (Lipinski definition) is 4. The molecule has 2 aliphatic rings. The van der Waals surface area contributed by atoms with Crippen LogP contribution in [0.4, 0.5) is 0 Å². The first kappa shape index (κ1) is 20.4. The molecule has 0 spiro atoms. The van der Waals surface area contributed by atoms with Gasteiger partial charge in [-0.05, 0) is 68.1 Å². The summed E-state index contributed by atoms with van der Waals surface area (Å²) in [5.41, 5.74) is -0.311. The van der Waals surface area contributed by atoms with E-state index >= 15 is 0 Å². The van der Waals surface area contributed by atoms with Crippen LogP contribution in [0.2, 0.25) is 0 Å². The van der Waals surface area contributed by atoms with Crippen LogP contribution in [0, 0.1) is 28.6 Å². The number of aliphatic carboxylic acids is 1. The topological polar surface area (TPSA) is 98.0 Å². The van der Waals surface area contributed by atoms with Crippen LogP contribution in [0.3, 0.4) is 0 Å². The minimum atomic E-state index is -0.899. The smallest absolute Gasteiger partial charge is 0.331 e. The van der Waals surface area contributed by atoms with Gasteiger partial charge < -0.3 is 20.4 Å². The standard InChI is InChI=1S/C20H34O5/c1-14-6-10-20(13-23)16(18(24)25)4-3-5-17(20)19(14,2)9-7-15(12-22)8-11-21/h4,14-15,17,21-23H,3,5-13H2,1-2H3,(H,24,25)/t14-,15-,17-,19+,20+/m1/s1. The lowest BCUT2D eigenvalue weighted by Gasteiger charge is -2.58. The fraction of sp³-hybridized carbons (Fsp3) is 0.850. The van der Waals surface area contributed by atoms with Crippen molar-refractivity contribution in [2.24, 2.45) is 28.6 Å². The summed E-state index contributed by atoms with van der Waals surface area (Å²) in [7, 11) is 0. The van der Waals surface area contributed by atoms with Gasteiger partial charge in [-0.15, -0.1) is 0 Å². The van der Waals surface area contributed by atoms with Crippen molar-refractivity contribution in [2.75, 3.05) is 19.8 Å². The molecule has 0 unspecified atom stereocenters. The third kappa shape index (κ3) is 3.64. The summed E-state index contributed by atoms with van der Waals surface area (Å²) in [5.74, 6) is -0.237. The second-order valence-electron chi connectivity index (χ2n) is 8.41. The van der Waals surface area contributed by atoms with Crippen molar-refractivity contribution in [1.29, 1.82) is 0 Å². The third-order valence-electron chi connectivity index (χ3n) is 7.35. The molecule has 144 valence electrons. The second kappa shape index (κ2) is 8.19. The Morgan fingerprint density at radius 3 is 2.56 bits per heavy atom. The maximum absolute atomic E-state index is 11.8. The third-order valence-corrected chi connectivity index (χ3v) is 7.35. The zero-order valence-corrected chi connectivity index (χ0v) is 15.6. The highest BCUT2D eigenvalue weighted by atomic mass is 16.4. The van der Waals surface area contributed by atoms with E-state index in [4.69, 9.17) is 5.11 Å². The Morgan fingerprint density at radius 1 is 1.28 bits per heavy atom. The van der Waals surface area contributed by atoms with Gasteiger partial charge in [0.15, 0.2) is 0 Å². The number of carboxylic acids is 1. The predicted octanol–water partition coefficient (Wildman–Crippen LogP) is 2.59. The first-order chi connectivity index (χ1) is 11.9. The van der Waals surface area contributed by atoms with Gasteiger partial charge in [-0.25, -0.2) is 4.79 Å². The van der Waals surface area contributed by atoms with Gasteiger partial charge in [-0.1, -0.05) is 19.9 Å². The van der Waals surface area contributed by atoms with Gasteiger partial charge >= 0.3 is 5.97 Å². The molecule has 5 heteroatoms. The summed E-state index contributed by atoms with van der Waals surface area (Å²) in [5, 5.41) is 38.6. The molecular weight excluding hydrogens is 320 g/mol. The van der Waals surface area contributed by atoms with Crippen molar-refractivity contribution < 1.29 is 25.2 Å². The molecule has 1 saturated carbocycles. The van der Waals surface area contributed by atoms with E-state index in [0.717, 1.165) is 38.5 Å². The van der Waals surface area contributed by atoms with Crippen LogP contribution in [-0.4, -0.2) is 46.2 Å². The maximum Gasteiger partial charge on any atom is 0.331 e. The van der Waals surface area contributed by atoms with Crippen molar-refractivity contribution in [3.63, 3.8) is 0 Å². The lowest BCUT2D eigenvalue weighted by molar-refractivity contribution is -0.140. The average molecular weight is 354 g/mol. The van der Waals surface area contributed by atoms with Gasteiger partial charge in [0.05, 0.1) is 6.61 Å². The molecule has 2 aliphatic carbocycles. The number of allylic oxidation sites excluding steroid dienone is 1. The van der Waals surface area contributed by atoms with Gasteiger partial charge in [0.25, 0.3) is 0 Å². The lowest BCUT2D eigenvalue weighted by Crippen LogP contribution is -2.54. The zero-order chi connectivity index (χ0) is 18.7. The summed E-state index contributed by atoms with van der Waals surface area (Å²) >= 11 is 0. The summed E-state index contributed by atoms with van der Waals surface area (Å²) < 4.78 is 0. The van der Waals surface area contributed by atoms with E-state index in [1.54, 1.807) is 0 Å². The predicted molar refractivity (Wildman–Crippen MR) is 96.0 cm³/mol. The van der Waals surface area contributed by atoms with Crippen molar-refractivity contribution in [2.45, 2.75) is 58.8 Å². The van der Waals surface area contributed by atoms with E-state index in [1.165, 1.54) is 0 Å². The number of carbonyl (C=O) groups is 1. The van der Waals surface area contributed by atoms with Crippen LogP contribution in [-0.2, 0) is 4.79 Å². The van der Waals surface area contributed by atoms with Crippen LogP contribution in [0.1, 0.15) is 58.8 Å². The van der Waals surface area contributed by atoms with Crippen LogP contribution < -0.4 is 0 Å². The van der Waals surface area contributed by atoms with Gasteiger partial charge in [-0.3, -0.25) is 0 Å². The molecule has 0 bridgehead atoms. The largest absolute Gasteiger partial charge is 0.478 e. The molecule has 25 heavy (non-hydrogen) atoms. The first-order valence-corrected chi connectivity index (χ1v) is 9.62. The van der Waals surface area contributed by atoms with Crippen LogP contribution in [0.5, 0.6) is 0 Å². The molecule has 0 amide bonds. The highest BCUT2D eigenvalue weighted by Crippen LogP contribution is 2.62. The SMILES string of the molecule is C[C@@H]1CC[C@]2(CO)C(C(=O)O)=CCC[C@@H]2[C@@]1(C)CC[C@@H](CO)CCO. The Labute approximate surface area is 150 Å². The summed E-state index contributed by atoms with van der Waals surface area (Å²) in [6.07, 6.45) is 7.40. The highest BCUT2D eigenvalue weighted by Gasteiger charge is 2.57. The van der Waals surface area contributed by atoms with Crippen molar-refractivity contribution >= 4 is 5.97 Å². The van der Waals surface area contributed by atoms with Gasteiger partial charge in [0, 0.05) is 24.2 Å². The molecule has 1 fully saturated rings. The van der Waals surface area contributed by atoms with E-state index in [-0.39, 0.29) is 37.1 Å². The summed E-state index contributed by atoms with van der Waals surface area (Å²) in [6.45, 7) is 4.51. The quantitative estimate of drug-likeness (QED) is 0.537. The van der Waals surface area contributed by atoms with Crippen LogP contribution >= 0.6 is 0 Å². The summed E-state index contributed by atoms with van der Waals surface area (Å²) in [4.78, 5) is 11.8. The second-order valence-corrected chi connectivity index (χ2v) is 8.41. The molecule has 0 heterocycles. The monoisotopic (exact) mass is 354 g/mol. The lowest BCUT2D eigenvalue weighted by atomic mass is 9.46. The zero-order valence-electron chi connectivity index (χ0n) is 15.6. The van der Waals surface area contributed by atoms with Gasteiger partial charge in [0.2, 0.25) is 0 Å². The molecule has 0 aromatic rings. The van der Waals surface area contributed by atoms with Gasteiger partial charge in [0.1, 0.15) is 0 Å². The van der Waals surface area contributed by atoms with Crippen LogP contribution in [0.15, 0.2) is 11.6 Å². The fourth-order valence-corrected chi connectivity index (χ4v) is 5.50. The number of carboxylic acid groups (broad SMARTS) is 1. The van der Waals surface area contributed by atoms with Crippen molar-refractivity contribution in [3.05, 3.63) is 11.6 Å². The Balaban J connectivity index is 2.30. The number of aliphatic hydroxyl groups excluding tert-OH is 3. The molecule has 0 aromatic carbocycles. The number of hydrogen-bond acceptors (Lipinski definition) is 4. The summed E-state index contributed by atoms with van der Waals surface area (Å²) in [6, 6.07) is 0. The number of fused-ring (bicyclic) bond motifs is 1. The molecule has 0 aromatic heterocycles. The maximum atomic E-state index is 11.8. The molecule has 5 nitrogen and oxygen atoms in total. The number of aliphatic hydroxyl groups is 3. The molecule has 5 atom stereocenters. The molecular formula is C20H34O5. The van der Waals surface area contributed by atoms with Gasteiger partial charge in [-0.2, -0.15) is 0 Å². The highest BCUT2D eigenvalue weighted by molar-refractivity contribution is 5.88. The molecule has 4 N–H and O–H groups in total. The Hall–Kier alpha value is -0.910. The minimum Gasteiger partial charge on any atom is -0.478 e. The average Bonchev–Trinajstić information content (AvgIpc) is 2.61. The van der Waals surface area contributed by atoms with E-state index < -0.39 is 11.4 Å². The van der Waals surface area contributed by atoms with E-state index in [1.807, 2.05) is 6.08 Å². The molecule has 0 saturated heterocycles. The normalized spacial score (nSPS) is 36.4. The Bertz CT molecular complexity index is 502. The minimum absolute atomic E-state index is 0.0705. The first-order valence-electron chi connectivity index (χ1n) is 9.62. The number of rotatable bonds is 8. The van der Waals surface area contributed by atoms with E-state index in [9.17, 15) is 20.1 Å².